The maximum atomic E-state index is 5.85. The molecule has 1 aromatic rings. The van der Waals surface area contributed by atoms with Gasteiger partial charge in [-0.1, -0.05) is 6.42 Å². The molecule has 0 spiro atoms. The second-order valence-corrected chi connectivity index (χ2v) is 4.84. The number of imidazole rings is 1. The summed E-state index contributed by atoms with van der Waals surface area (Å²) >= 11 is 1.92. The van der Waals surface area contributed by atoms with Gasteiger partial charge in [0.1, 0.15) is 0 Å². The highest BCUT2D eigenvalue weighted by atomic mass is 32.2. The summed E-state index contributed by atoms with van der Waals surface area (Å²) in [7, 11) is 0. The maximum Gasteiger partial charge on any atom is 0.0948 e. The predicted molar refractivity (Wildman–Crippen MR) is 67.1 cm³/mol. The molecule has 4 heteroatoms. The van der Waals surface area contributed by atoms with E-state index in [0.717, 1.165) is 12.2 Å². The van der Waals surface area contributed by atoms with Gasteiger partial charge in [-0.3, -0.25) is 0 Å². The summed E-state index contributed by atoms with van der Waals surface area (Å²) in [5.41, 5.74) is 6.99. The monoisotopic (exact) mass is 227 g/mol. The summed E-state index contributed by atoms with van der Waals surface area (Å²) in [6, 6.07) is 0.0821. The lowest BCUT2D eigenvalue weighted by Gasteiger charge is -2.10. The smallest absolute Gasteiger partial charge is 0.0948 e. The molecule has 1 rings (SSSR count). The molecule has 86 valence electrons. The van der Waals surface area contributed by atoms with Crippen LogP contribution in [-0.2, 0) is 6.54 Å². The van der Waals surface area contributed by atoms with Crippen molar-refractivity contribution in [2.75, 3.05) is 12.0 Å². The van der Waals surface area contributed by atoms with E-state index in [1.54, 1.807) is 0 Å². The van der Waals surface area contributed by atoms with Crippen molar-refractivity contribution in [3.05, 3.63) is 18.2 Å². The van der Waals surface area contributed by atoms with Gasteiger partial charge in [0.15, 0.2) is 0 Å². The van der Waals surface area contributed by atoms with Crippen molar-refractivity contribution in [3.8, 4) is 0 Å². The number of nitrogens with zero attached hydrogens (tertiary/aromatic N) is 2. The Morgan fingerprint density at radius 2 is 2.27 bits per heavy atom. The van der Waals surface area contributed by atoms with Crippen LogP contribution in [-0.4, -0.2) is 21.6 Å². The zero-order chi connectivity index (χ0) is 11.1. The Morgan fingerprint density at radius 3 is 2.93 bits per heavy atom. The summed E-state index contributed by atoms with van der Waals surface area (Å²) in [5, 5.41) is 0. The zero-order valence-electron chi connectivity index (χ0n) is 9.65. The average Bonchev–Trinajstić information content (AvgIpc) is 2.66. The molecule has 0 aliphatic carbocycles. The van der Waals surface area contributed by atoms with Crippen LogP contribution in [0.5, 0.6) is 0 Å². The van der Waals surface area contributed by atoms with Gasteiger partial charge in [-0.2, -0.15) is 11.8 Å². The molecule has 0 unspecified atom stereocenters. The van der Waals surface area contributed by atoms with Crippen LogP contribution in [0.15, 0.2) is 12.5 Å². The van der Waals surface area contributed by atoms with Crippen LogP contribution in [0.25, 0.3) is 0 Å². The molecular weight excluding hydrogens is 206 g/mol. The van der Waals surface area contributed by atoms with Crippen molar-refractivity contribution in [3.63, 3.8) is 0 Å². The predicted octanol–water partition coefficient (Wildman–Crippen LogP) is 2.44. The molecule has 1 aromatic heterocycles. The van der Waals surface area contributed by atoms with Gasteiger partial charge >= 0.3 is 0 Å². The molecule has 1 atom stereocenters. The van der Waals surface area contributed by atoms with E-state index in [-0.39, 0.29) is 6.04 Å². The van der Waals surface area contributed by atoms with Gasteiger partial charge in [-0.15, -0.1) is 0 Å². The summed E-state index contributed by atoms with van der Waals surface area (Å²) in [4.78, 5) is 4.14. The van der Waals surface area contributed by atoms with Crippen LogP contribution in [0.2, 0.25) is 0 Å². The number of aromatic nitrogens is 2. The molecule has 0 aliphatic rings. The van der Waals surface area contributed by atoms with Gasteiger partial charge in [0, 0.05) is 18.8 Å². The topological polar surface area (TPSA) is 43.8 Å². The fourth-order valence-electron chi connectivity index (χ4n) is 1.60. The summed E-state index contributed by atoms with van der Waals surface area (Å²) < 4.78 is 2.17. The minimum absolute atomic E-state index is 0.0821. The Kier molecular flexibility index (Phi) is 5.79. The molecule has 0 aliphatic heterocycles. The van der Waals surface area contributed by atoms with Crippen LogP contribution >= 0.6 is 11.8 Å². The summed E-state index contributed by atoms with van der Waals surface area (Å²) in [5.74, 6) is 1.27. The van der Waals surface area contributed by atoms with Crippen LogP contribution in [0, 0.1) is 0 Å². The standard InChI is InChI=1S/C11H21N3S/c1-10(12)11-8-13-9-14(11)6-4-3-5-7-15-2/h8-10H,3-7,12H2,1-2H3/t10-/m1/s1. The maximum absolute atomic E-state index is 5.85. The van der Waals surface area contributed by atoms with E-state index in [1.165, 1.54) is 25.0 Å². The quantitative estimate of drug-likeness (QED) is 0.728. The Labute approximate surface area is 96.5 Å². The van der Waals surface area contributed by atoms with Crippen molar-refractivity contribution < 1.29 is 0 Å². The van der Waals surface area contributed by atoms with Crippen LogP contribution in [0.3, 0.4) is 0 Å². The number of nitrogens with two attached hydrogens (primary N) is 1. The number of rotatable bonds is 7. The first kappa shape index (κ1) is 12.6. The van der Waals surface area contributed by atoms with Crippen molar-refractivity contribution in [2.45, 2.75) is 38.8 Å². The molecule has 0 bridgehead atoms. The third-order valence-electron chi connectivity index (χ3n) is 2.46. The second kappa shape index (κ2) is 6.90. The Balaban J connectivity index is 2.28. The average molecular weight is 227 g/mol. The lowest BCUT2D eigenvalue weighted by molar-refractivity contribution is 0.569. The Morgan fingerprint density at radius 1 is 1.47 bits per heavy atom. The minimum Gasteiger partial charge on any atom is -0.333 e. The van der Waals surface area contributed by atoms with Gasteiger partial charge in [-0.25, -0.2) is 4.98 Å². The molecule has 0 saturated heterocycles. The van der Waals surface area contributed by atoms with Crippen molar-refractivity contribution in [1.29, 1.82) is 0 Å². The Bertz CT molecular complexity index is 271. The number of thioether (sulfide) groups is 1. The molecule has 0 aromatic carbocycles. The molecule has 0 saturated carbocycles. The second-order valence-electron chi connectivity index (χ2n) is 3.85. The SMILES string of the molecule is CSCCCCCn1cncc1[C@@H](C)N. The Hall–Kier alpha value is -0.480. The lowest BCUT2D eigenvalue weighted by atomic mass is 10.2. The molecule has 0 radical (unpaired) electrons. The first-order chi connectivity index (χ1) is 7.25. The third-order valence-corrected chi connectivity index (χ3v) is 3.16. The van der Waals surface area contributed by atoms with Gasteiger partial charge in [-0.05, 0) is 31.8 Å². The number of hydrogen-bond donors (Lipinski definition) is 1. The van der Waals surface area contributed by atoms with E-state index in [9.17, 15) is 0 Å². The van der Waals surface area contributed by atoms with Crippen molar-refractivity contribution in [1.82, 2.24) is 9.55 Å². The van der Waals surface area contributed by atoms with Gasteiger partial charge in [0.25, 0.3) is 0 Å². The van der Waals surface area contributed by atoms with Crippen molar-refractivity contribution >= 4 is 11.8 Å². The molecule has 2 N–H and O–H groups in total. The van der Waals surface area contributed by atoms with Crippen LogP contribution in [0.4, 0.5) is 0 Å². The highest BCUT2D eigenvalue weighted by Crippen LogP contribution is 2.10. The third kappa shape index (κ3) is 4.26. The van der Waals surface area contributed by atoms with E-state index in [0.29, 0.717) is 0 Å². The largest absolute Gasteiger partial charge is 0.333 e. The summed E-state index contributed by atoms with van der Waals surface area (Å²) in [6.45, 7) is 3.05. The molecular formula is C11H21N3S. The number of hydrogen-bond acceptors (Lipinski definition) is 3. The number of aryl methyl sites for hydroxylation is 1. The lowest BCUT2D eigenvalue weighted by Crippen LogP contribution is -2.11. The fourth-order valence-corrected chi connectivity index (χ4v) is 2.10. The molecule has 0 fully saturated rings. The zero-order valence-corrected chi connectivity index (χ0v) is 10.5. The van der Waals surface area contributed by atoms with Crippen LogP contribution < -0.4 is 5.73 Å². The first-order valence-corrected chi connectivity index (χ1v) is 6.89. The highest BCUT2D eigenvalue weighted by molar-refractivity contribution is 7.98. The van der Waals surface area contributed by atoms with E-state index >= 15 is 0 Å². The van der Waals surface area contributed by atoms with E-state index in [1.807, 2.05) is 31.2 Å². The normalized spacial score (nSPS) is 13.0. The van der Waals surface area contributed by atoms with Crippen molar-refractivity contribution in [2.24, 2.45) is 5.73 Å². The molecule has 0 amide bonds. The minimum atomic E-state index is 0.0821. The molecule has 1 heterocycles. The van der Waals surface area contributed by atoms with Gasteiger partial charge in [0.05, 0.1) is 12.0 Å². The molecule has 15 heavy (non-hydrogen) atoms. The van der Waals surface area contributed by atoms with Crippen LogP contribution in [0.1, 0.15) is 37.9 Å². The fraction of sp³-hybridized carbons (Fsp3) is 0.727. The van der Waals surface area contributed by atoms with E-state index in [4.69, 9.17) is 5.73 Å². The van der Waals surface area contributed by atoms with E-state index < -0.39 is 0 Å². The summed E-state index contributed by atoms with van der Waals surface area (Å²) in [6.07, 6.45) is 9.72. The number of unbranched alkanes of at least 4 members (excludes halogenated alkanes) is 2. The highest BCUT2D eigenvalue weighted by Gasteiger charge is 2.05. The molecule has 3 nitrogen and oxygen atoms in total. The van der Waals surface area contributed by atoms with Gasteiger partial charge in [0.2, 0.25) is 0 Å². The van der Waals surface area contributed by atoms with E-state index in [2.05, 4.69) is 15.8 Å². The first-order valence-electron chi connectivity index (χ1n) is 5.50. The van der Waals surface area contributed by atoms with Gasteiger partial charge < -0.3 is 10.3 Å².